The highest BCUT2D eigenvalue weighted by molar-refractivity contribution is 6.45. The number of esters is 1. The molecule has 0 saturated heterocycles. The number of halogens is 2. The Balaban J connectivity index is 1.91. The Bertz CT molecular complexity index is 622. The number of ether oxygens (including phenoxy) is 1. The molecule has 5 heteroatoms. The van der Waals surface area contributed by atoms with Gasteiger partial charge in [0.1, 0.15) is 0 Å². The van der Waals surface area contributed by atoms with Gasteiger partial charge in [-0.25, -0.2) is 0 Å². The van der Waals surface area contributed by atoms with Crippen molar-refractivity contribution in [3.05, 3.63) is 28.2 Å². The first kappa shape index (κ1) is 16.2. The number of aromatic nitrogens is 1. The second-order valence-corrected chi connectivity index (χ2v) is 5.88. The number of unbranched alkanes of at least 4 members (excludes halogenated alkanes) is 4. The molecular weight excluding hydrogens is 309 g/mol. The first-order valence-corrected chi connectivity index (χ1v) is 8.04. The average Bonchev–Trinajstić information content (AvgIpc) is 2.86. The third-order valence-electron chi connectivity index (χ3n) is 3.37. The minimum Gasteiger partial charge on any atom is -0.409 e. The molecule has 1 aromatic heterocycles. The summed E-state index contributed by atoms with van der Waals surface area (Å²) in [6.45, 7) is 2.17. The summed E-state index contributed by atoms with van der Waals surface area (Å²) in [6.07, 6.45) is 5.96. The predicted octanol–water partition coefficient (Wildman–Crippen LogP) is 5.74. The van der Waals surface area contributed by atoms with Crippen molar-refractivity contribution in [2.75, 3.05) is 0 Å². The van der Waals surface area contributed by atoms with Crippen LogP contribution in [0.2, 0.25) is 10.0 Å². The van der Waals surface area contributed by atoms with Gasteiger partial charge in [0.25, 0.3) is 0 Å². The molecule has 2 rings (SSSR count). The van der Waals surface area contributed by atoms with Crippen LogP contribution in [0.5, 0.6) is 5.88 Å². The van der Waals surface area contributed by atoms with Crippen LogP contribution in [0.4, 0.5) is 0 Å². The van der Waals surface area contributed by atoms with Crippen molar-refractivity contribution in [1.29, 1.82) is 0 Å². The lowest BCUT2D eigenvalue weighted by atomic mass is 10.1. The number of nitrogens with one attached hydrogen (secondary N) is 1. The smallest absolute Gasteiger partial charge is 0.312 e. The van der Waals surface area contributed by atoms with E-state index < -0.39 is 0 Å². The monoisotopic (exact) mass is 327 g/mol. The third kappa shape index (κ3) is 4.39. The van der Waals surface area contributed by atoms with E-state index in [0.717, 1.165) is 18.2 Å². The summed E-state index contributed by atoms with van der Waals surface area (Å²) in [5.41, 5.74) is 0.690. The van der Waals surface area contributed by atoms with Crippen LogP contribution in [0.25, 0.3) is 10.9 Å². The molecule has 114 valence electrons. The normalized spacial score (nSPS) is 11.0. The number of hydrogen-bond donors (Lipinski definition) is 1. The topological polar surface area (TPSA) is 42.1 Å². The number of carbonyl (C=O) groups is 1. The van der Waals surface area contributed by atoms with Crippen LogP contribution in [0.1, 0.15) is 45.4 Å². The van der Waals surface area contributed by atoms with Crippen molar-refractivity contribution in [2.45, 2.75) is 45.4 Å². The fourth-order valence-electron chi connectivity index (χ4n) is 2.21. The average molecular weight is 328 g/mol. The number of H-pyrrole nitrogens is 1. The number of hydrogen-bond acceptors (Lipinski definition) is 2. The van der Waals surface area contributed by atoms with Crippen LogP contribution in [0.3, 0.4) is 0 Å². The van der Waals surface area contributed by atoms with Crippen LogP contribution in [0, 0.1) is 0 Å². The fourth-order valence-corrected chi connectivity index (χ4v) is 2.59. The second-order valence-electron chi connectivity index (χ2n) is 5.10. The Morgan fingerprint density at radius 2 is 1.95 bits per heavy atom. The van der Waals surface area contributed by atoms with Gasteiger partial charge in [0.2, 0.25) is 5.88 Å². The van der Waals surface area contributed by atoms with Gasteiger partial charge in [-0.2, -0.15) is 0 Å². The lowest BCUT2D eigenvalue weighted by Crippen LogP contribution is -2.07. The second kappa shape index (κ2) is 7.71. The molecule has 0 fully saturated rings. The van der Waals surface area contributed by atoms with Crippen molar-refractivity contribution in [3.63, 3.8) is 0 Å². The fraction of sp³-hybridized carbons (Fsp3) is 0.438. The molecule has 0 amide bonds. The Morgan fingerprint density at radius 3 is 2.71 bits per heavy atom. The van der Waals surface area contributed by atoms with E-state index in [2.05, 4.69) is 11.9 Å². The van der Waals surface area contributed by atoms with Gasteiger partial charge in [0.05, 0.1) is 15.6 Å². The summed E-state index contributed by atoms with van der Waals surface area (Å²) < 4.78 is 5.30. The number of carbonyl (C=O) groups excluding carboxylic acids is 1. The molecule has 0 unspecified atom stereocenters. The van der Waals surface area contributed by atoms with Crippen molar-refractivity contribution in [3.8, 4) is 5.88 Å². The first-order valence-electron chi connectivity index (χ1n) is 7.29. The summed E-state index contributed by atoms with van der Waals surface area (Å²) in [4.78, 5) is 14.8. The quantitative estimate of drug-likeness (QED) is 0.520. The van der Waals surface area contributed by atoms with Crippen LogP contribution in [0.15, 0.2) is 18.2 Å². The summed E-state index contributed by atoms with van der Waals surface area (Å²) in [5, 5.41) is 1.78. The van der Waals surface area contributed by atoms with Crippen LogP contribution >= 0.6 is 23.2 Å². The van der Waals surface area contributed by atoms with Crippen LogP contribution in [-0.4, -0.2) is 11.0 Å². The highest BCUT2D eigenvalue weighted by Crippen LogP contribution is 2.32. The van der Waals surface area contributed by atoms with E-state index in [1.54, 1.807) is 12.1 Å². The number of fused-ring (bicyclic) bond motifs is 1. The van der Waals surface area contributed by atoms with E-state index in [1.165, 1.54) is 19.3 Å². The highest BCUT2D eigenvalue weighted by Gasteiger charge is 2.11. The van der Waals surface area contributed by atoms with E-state index in [0.29, 0.717) is 27.9 Å². The van der Waals surface area contributed by atoms with Gasteiger partial charge < -0.3 is 9.72 Å². The summed E-state index contributed by atoms with van der Waals surface area (Å²) >= 11 is 12.1. The van der Waals surface area contributed by atoms with Crippen molar-refractivity contribution in [2.24, 2.45) is 0 Å². The predicted molar refractivity (Wildman–Crippen MR) is 87.3 cm³/mol. The van der Waals surface area contributed by atoms with Gasteiger partial charge in [0, 0.05) is 17.9 Å². The zero-order chi connectivity index (χ0) is 15.2. The van der Waals surface area contributed by atoms with Gasteiger partial charge in [-0.15, -0.1) is 0 Å². The number of rotatable bonds is 7. The maximum absolute atomic E-state index is 11.8. The standard InChI is InChI=1S/C16H19Cl2NO2/c1-2-3-4-5-6-7-14(20)21-13-10-11-8-9-12(17)15(18)16(11)19-13/h8-10,19H,2-7H2,1H3. The van der Waals surface area contributed by atoms with Crippen molar-refractivity contribution >= 4 is 40.1 Å². The maximum atomic E-state index is 11.8. The Hall–Kier alpha value is -1.19. The van der Waals surface area contributed by atoms with Gasteiger partial charge >= 0.3 is 5.97 Å². The molecule has 0 bridgehead atoms. The van der Waals surface area contributed by atoms with E-state index in [9.17, 15) is 4.79 Å². The van der Waals surface area contributed by atoms with Gasteiger partial charge in [-0.05, 0) is 12.5 Å². The van der Waals surface area contributed by atoms with Gasteiger partial charge in [0.15, 0.2) is 0 Å². The SMILES string of the molecule is CCCCCCCC(=O)Oc1cc2ccc(Cl)c(Cl)c2[nH]1. The molecule has 1 heterocycles. The van der Waals surface area contributed by atoms with Gasteiger partial charge in [-0.3, -0.25) is 4.79 Å². The third-order valence-corrected chi connectivity index (χ3v) is 4.17. The highest BCUT2D eigenvalue weighted by atomic mass is 35.5. The molecule has 21 heavy (non-hydrogen) atoms. The Labute approximate surface area is 134 Å². The minimum atomic E-state index is -0.222. The Kier molecular flexibility index (Phi) is 5.95. The van der Waals surface area contributed by atoms with Crippen LogP contribution in [-0.2, 0) is 4.79 Å². The van der Waals surface area contributed by atoms with E-state index in [4.69, 9.17) is 27.9 Å². The minimum absolute atomic E-state index is 0.222. The molecule has 0 radical (unpaired) electrons. The molecular formula is C16H19Cl2NO2. The number of benzene rings is 1. The molecule has 0 saturated carbocycles. The molecule has 0 aliphatic rings. The lowest BCUT2D eigenvalue weighted by Gasteiger charge is -2.01. The molecule has 1 N–H and O–H groups in total. The van der Waals surface area contributed by atoms with Gasteiger partial charge in [-0.1, -0.05) is 61.9 Å². The first-order chi connectivity index (χ1) is 10.1. The summed E-state index contributed by atoms with van der Waals surface area (Å²) in [7, 11) is 0. The molecule has 2 aromatic rings. The largest absolute Gasteiger partial charge is 0.409 e. The molecule has 0 spiro atoms. The van der Waals surface area contributed by atoms with Crippen molar-refractivity contribution < 1.29 is 9.53 Å². The molecule has 0 atom stereocenters. The van der Waals surface area contributed by atoms with E-state index in [1.807, 2.05) is 6.07 Å². The molecule has 1 aromatic carbocycles. The van der Waals surface area contributed by atoms with E-state index in [-0.39, 0.29) is 5.97 Å². The van der Waals surface area contributed by atoms with Crippen LogP contribution < -0.4 is 4.74 Å². The van der Waals surface area contributed by atoms with E-state index >= 15 is 0 Å². The zero-order valence-electron chi connectivity index (χ0n) is 12.0. The summed E-state index contributed by atoms with van der Waals surface area (Å²) in [6, 6.07) is 5.31. The maximum Gasteiger partial charge on any atom is 0.312 e. The van der Waals surface area contributed by atoms with Crippen molar-refractivity contribution in [1.82, 2.24) is 4.98 Å². The molecule has 0 aliphatic heterocycles. The number of aromatic amines is 1. The summed E-state index contributed by atoms with van der Waals surface area (Å²) in [5.74, 6) is 0.188. The zero-order valence-corrected chi connectivity index (χ0v) is 13.6. The molecule has 3 nitrogen and oxygen atoms in total. The molecule has 0 aliphatic carbocycles. The Morgan fingerprint density at radius 1 is 1.19 bits per heavy atom. The lowest BCUT2D eigenvalue weighted by molar-refractivity contribution is -0.134.